The van der Waals surface area contributed by atoms with Crippen LogP contribution in [0.3, 0.4) is 0 Å². The molecule has 3 fully saturated rings. The number of hydrogen-bond acceptors (Lipinski definition) is 6. The van der Waals surface area contributed by atoms with Crippen LogP contribution in [0.2, 0.25) is 18.1 Å². The summed E-state index contributed by atoms with van der Waals surface area (Å²) in [6.07, 6.45) is 4.08. The molecule has 3 heterocycles. The Labute approximate surface area is 263 Å². The first-order valence-corrected chi connectivity index (χ1v) is 19.5. The molecular formula is C36H51NO6Si. The van der Waals surface area contributed by atoms with Crippen LogP contribution >= 0.6 is 0 Å². The van der Waals surface area contributed by atoms with E-state index in [9.17, 15) is 9.90 Å². The van der Waals surface area contributed by atoms with Gasteiger partial charge in [0.05, 0.1) is 6.10 Å². The lowest BCUT2D eigenvalue weighted by molar-refractivity contribution is -0.280. The Kier molecular flexibility index (Phi) is 6.57. The summed E-state index contributed by atoms with van der Waals surface area (Å²) in [5, 5.41) is 14.9. The number of hydrogen-bond donors (Lipinski definition) is 2. The predicted octanol–water partition coefficient (Wildman–Crippen LogP) is 6.73. The molecule has 8 heteroatoms. The topological polar surface area (TPSA) is 90.0 Å². The third kappa shape index (κ3) is 3.81. The van der Waals surface area contributed by atoms with Crippen molar-refractivity contribution in [2.45, 2.75) is 133 Å². The molecule has 7 atom stereocenters. The van der Waals surface area contributed by atoms with Crippen molar-refractivity contribution >= 4 is 25.0 Å². The minimum absolute atomic E-state index is 0.137. The lowest BCUT2D eigenvalue weighted by Crippen LogP contribution is -2.74. The maximum absolute atomic E-state index is 13.6. The molecule has 1 aromatic heterocycles. The number of ketones is 1. The highest BCUT2D eigenvalue weighted by atomic mass is 28.4. The molecule has 5 aliphatic rings. The molecule has 240 valence electrons. The maximum Gasteiger partial charge on any atom is 0.195 e. The number of H-pyrrole nitrogens is 1. The second-order valence-corrected chi connectivity index (χ2v) is 21.5. The largest absolute Gasteiger partial charge is 0.417 e. The van der Waals surface area contributed by atoms with E-state index in [-0.39, 0.29) is 22.2 Å². The first-order chi connectivity index (χ1) is 20.4. The Morgan fingerprint density at radius 2 is 1.82 bits per heavy atom. The lowest BCUT2D eigenvalue weighted by Gasteiger charge is -2.67. The molecule has 3 aliphatic carbocycles. The molecule has 7 rings (SSSR count). The Bertz CT molecular complexity index is 1550. The summed E-state index contributed by atoms with van der Waals surface area (Å²) >= 11 is 0. The van der Waals surface area contributed by atoms with Crippen molar-refractivity contribution in [2.24, 2.45) is 11.3 Å². The van der Waals surface area contributed by atoms with E-state index in [1.165, 1.54) is 16.6 Å². The monoisotopic (exact) mass is 621 g/mol. The molecule has 1 aromatic carbocycles. The number of ether oxygens (including phenoxy) is 3. The van der Waals surface area contributed by atoms with Crippen LogP contribution < -0.4 is 0 Å². The summed E-state index contributed by atoms with van der Waals surface area (Å²) in [6, 6.07) is 8.52. The van der Waals surface area contributed by atoms with Gasteiger partial charge in [0, 0.05) is 52.6 Å². The highest BCUT2D eigenvalue weighted by Crippen LogP contribution is 2.72. The van der Waals surface area contributed by atoms with Crippen LogP contribution in [0.15, 0.2) is 35.9 Å². The number of nitrogens with one attached hydrogen (secondary N) is 1. The molecule has 44 heavy (non-hydrogen) atoms. The fraction of sp³-hybridized carbons (Fsp3) is 0.694. The Morgan fingerprint density at radius 3 is 2.55 bits per heavy atom. The first kappa shape index (κ1) is 30.8. The van der Waals surface area contributed by atoms with Crippen LogP contribution in [0, 0.1) is 11.3 Å². The second kappa shape index (κ2) is 9.39. The first-order valence-electron chi connectivity index (χ1n) is 16.6. The molecule has 0 radical (unpaired) electrons. The molecule has 2 aliphatic heterocycles. The van der Waals surface area contributed by atoms with Crippen LogP contribution in [0.25, 0.3) is 10.9 Å². The second-order valence-electron chi connectivity index (χ2n) is 16.7. The number of para-hydroxylation sites is 1. The minimum atomic E-state index is -1.87. The van der Waals surface area contributed by atoms with Crippen molar-refractivity contribution in [1.29, 1.82) is 0 Å². The summed E-state index contributed by atoms with van der Waals surface area (Å²) < 4.78 is 26.4. The number of aromatic amines is 1. The lowest BCUT2D eigenvalue weighted by atomic mass is 9.41. The van der Waals surface area contributed by atoms with E-state index in [4.69, 9.17) is 18.6 Å². The molecular weight excluding hydrogens is 570 g/mol. The van der Waals surface area contributed by atoms with E-state index in [1.807, 2.05) is 13.8 Å². The van der Waals surface area contributed by atoms with Crippen molar-refractivity contribution in [3.05, 3.63) is 47.2 Å². The molecule has 1 saturated heterocycles. The highest BCUT2D eigenvalue weighted by molar-refractivity contribution is 6.74. The van der Waals surface area contributed by atoms with E-state index in [1.54, 1.807) is 6.08 Å². The molecule has 0 amide bonds. The number of carbonyl (C=O) groups is 1. The van der Waals surface area contributed by atoms with Gasteiger partial charge in [-0.1, -0.05) is 52.8 Å². The molecule has 1 spiro atoms. The van der Waals surface area contributed by atoms with Crippen LogP contribution in [-0.2, 0) is 35.3 Å². The van der Waals surface area contributed by atoms with E-state index in [2.05, 4.69) is 77.0 Å². The summed E-state index contributed by atoms with van der Waals surface area (Å²) in [4.78, 5) is 17.4. The molecule has 2 bridgehead atoms. The summed E-state index contributed by atoms with van der Waals surface area (Å²) in [7, 11) is -1.87. The van der Waals surface area contributed by atoms with Gasteiger partial charge in [-0.05, 0) is 81.3 Å². The maximum atomic E-state index is 13.6. The average molecular weight is 622 g/mol. The number of benzene rings is 1. The number of carbonyl (C=O) groups excluding carboxylic acids is 1. The number of fused-ring (bicyclic) bond motifs is 9. The highest BCUT2D eigenvalue weighted by Gasteiger charge is 2.78. The van der Waals surface area contributed by atoms with Crippen molar-refractivity contribution in [3.63, 3.8) is 0 Å². The smallest absolute Gasteiger partial charge is 0.195 e. The minimum Gasteiger partial charge on any atom is -0.417 e. The molecule has 2 aromatic rings. The Balaban J connectivity index is 1.28. The average Bonchev–Trinajstić information content (AvgIpc) is 3.52. The normalized spacial score (nSPS) is 39.1. The zero-order valence-electron chi connectivity index (χ0n) is 28.1. The van der Waals surface area contributed by atoms with Gasteiger partial charge in [-0.15, -0.1) is 0 Å². The fourth-order valence-electron chi connectivity index (χ4n) is 9.41. The quantitative estimate of drug-likeness (QED) is 0.275. The van der Waals surface area contributed by atoms with E-state index < -0.39 is 42.9 Å². The zero-order valence-corrected chi connectivity index (χ0v) is 29.1. The van der Waals surface area contributed by atoms with Crippen molar-refractivity contribution in [2.75, 3.05) is 13.2 Å². The third-order valence-corrected chi connectivity index (χ3v) is 17.7. The Hall–Kier alpha value is -1.81. The van der Waals surface area contributed by atoms with Gasteiger partial charge in [0.1, 0.15) is 11.2 Å². The summed E-state index contributed by atoms with van der Waals surface area (Å²) in [6.45, 7) is 20.8. The van der Waals surface area contributed by atoms with E-state index in [0.29, 0.717) is 38.0 Å². The van der Waals surface area contributed by atoms with E-state index >= 15 is 0 Å². The van der Waals surface area contributed by atoms with Crippen molar-refractivity contribution in [1.82, 2.24) is 4.98 Å². The van der Waals surface area contributed by atoms with Gasteiger partial charge >= 0.3 is 0 Å². The summed E-state index contributed by atoms with van der Waals surface area (Å²) in [5.41, 5.74) is 0.971. The number of aromatic nitrogens is 1. The molecule has 2 N–H and O–H groups in total. The fourth-order valence-corrected chi connectivity index (χ4v) is 10.5. The van der Waals surface area contributed by atoms with Crippen molar-refractivity contribution < 1.29 is 28.5 Å². The SMILES string of the molecule is CC1(C)OC23CC[C@]4(C)[C@@]5(C)c6[nH]c7ccccc7c6C[C@@H]5C[C@H](OCCCO[Si](C)(C)C(C)(C)C)[C@@]4(O)C2=CC(=O)[C@@H]1O3. The zero-order chi connectivity index (χ0) is 31.7. The van der Waals surface area contributed by atoms with Crippen LogP contribution in [0.1, 0.15) is 85.4 Å². The van der Waals surface area contributed by atoms with Crippen LogP contribution in [0.4, 0.5) is 0 Å². The number of aliphatic hydroxyl groups is 1. The standard InChI is InChI=1S/C36H51NO6Si/c1-31(2,3)44(8,9)41-18-12-17-40-28-20-22-19-24-23-13-10-11-14-25(23)37-29(24)34(22,7)33(6)15-16-35-27(36(28,33)39)21-26(38)30(42-35)32(4,5)43-35/h10-11,13-14,21-22,28,30,37,39H,12,15-20H2,1-9H3/t22-,28+,30+,33-,34-,35?,36+/m1/s1. The van der Waals surface area contributed by atoms with Gasteiger partial charge < -0.3 is 28.7 Å². The molecule has 1 unspecified atom stereocenters. The van der Waals surface area contributed by atoms with Gasteiger partial charge in [-0.2, -0.15) is 0 Å². The van der Waals surface area contributed by atoms with Crippen molar-refractivity contribution in [3.8, 4) is 0 Å². The van der Waals surface area contributed by atoms with Crippen LogP contribution in [0.5, 0.6) is 0 Å². The summed E-state index contributed by atoms with van der Waals surface area (Å²) in [5.74, 6) is -0.993. The van der Waals surface area contributed by atoms with Gasteiger partial charge in [0.2, 0.25) is 0 Å². The molecule has 7 nitrogen and oxygen atoms in total. The van der Waals surface area contributed by atoms with Crippen LogP contribution in [-0.4, -0.2) is 66.6 Å². The van der Waals surface area contributed by atoms with Gasteiger partial charge in [0.25, 0.3) is 0 Å². The van der Waals surface area contributed by atoms with Gasteiger partial charge in [-0.25, -0.2) is 0 Å². The predicted molar refractivity (Wildman–Crippen MR) is 173 cm³/mol. The third-order valence-electron chi connectivity index (χ3n) is 13.1. The van der Waals surface area contributed by atoms with E-state index in [0.717, 1.165) is 18.4 Å². The Morgan fingerprint density at radius 1 is 1.09 bits per heavy atom. The molecule has 2 saturated carbocycles. The van der Waals surface area contributed by atoms with Gasteiger partial charge in [0.15, 0.2) is 26.0 Å². The number of rotatable bonds is 6. The van der Waals surface area contributed by atoms with Gasteiger partial charge in [-0.3, -0.25) is 4.79 Å².